The van der Waals surface area contributed by atoms with Gasteiger partial charge >= 0.3 is 0 Å². The zero-order valence-electron chi connectivity index (χ0n) is 15.3. The molecule has 2 heteroatoms. The molecule has 2 nitrogen and oxygen atoms in total. The summed E-state index contributed by atoms with van der Waals surface area (Å²) in [5.41, 5.74) is 14.8. The van der Waals surface area contributed by atoms with Crippen LogP contribution in [0, 0.1) is 6.92 Å². The predicted octanol–water partition coefficient (Wildman–Crippen LogP) is 6.65. The first-order chi connectivity index (χ1) is 13.2. The number of rotatable bonds is 4. The van der Waals surface area contributed by atoms with E-state index in [0.717, 1.165) is 22.6 Å². The summed E-state index contributed by atoms with van der Waals surface area (Å²) >= 11 is 0. The Labute approximate surface area is 160 Å². The Hall–Kier alpha value is -3.52. The number of nitrogens with two attached hydrogens (primary N) is 1. The summed E-state index contributed by atoms with van der Waals surface area (Å²) in [6.45, 7) is 2.10. The first-order valence-electron chi connectivity index (χ1n) is 9.08. The lowest BCUT2D eigenvalue weighted by Crippen LogP contribution is -1.93. The molecular weight excluding hydrogens is 328 g/mol. The van der Waals surface area contributed by atoms with Crippen LogP contribution in [0.1, 0.15) is 5.56 Å². The maximum Gasteiger partial charge on any atom is 0.0390 e. The quantitative estimate of drug-likeness (QED) is 0.404. The molecule has 0 fully saturated rings. The SMILES string of the molecule is Cc1cccc(Nc2ccc(-c3ccc(N)cc3)c(-c3ccccc3)c2)c1. The number of benzene rings is 4. The molecule has 0 aliphatic rings. The summed E-state index contributed by atoms with van der Waals surface area (Å²) in [6, 6.07) is 33.4. The van der Waals surface area contributed by atoms with Crippen molar-refractivity contribution < 1.29 is 0 Å². The van der Waals surface area contributed by atoms with Crippen molar-refractivity contribution in [2.75, 3.05) is 11.1 Å². The Balaban J connectivity index is 1.79. The van der Waals surface area contributed by atoms with E-state index in [9.17, 15) is 0 Å². The summed E-state index contributed by atoms with van der Waals surface area (Å²) in [5.74, 6) is 0. The van der Waals surface area contributed by atoms with E-state index in [0.29, 0.717) is 0 Å². The molecule has 0 amide bonds. The molecule has 0 unspecified atom stereocenters. The summed E-state index contributed by atoms with van der Waals surface area (Å²) in [4.78, 5) is 0. The fourth-order valence-electron chi connectivity index (χ4n) is 3.28. The number of nitrogen functional groups attached to an aromatic ring is 1. The van der Waals surface area contributed by atoms with Crippen LogP contribution in [0.2, 0.25) is 0 Å². The summed E-state index contributed by atoms with van der Waals surface area (Å²) in [5, 5.41) is 3.52. The third-order valence-corrected chi connectivity index (χ3v) is 4.63. The van der Waals surface area contributed by atoms with E-state index in [1.807, 2.05) is 18.2 Å². The van der Waals surface area contributed by atoms with Crippen LogP contribution in [-0.2, 0) is 0 Å². The molecule has 0 saturated heterocycles. The largest absolute Gasteiger partial charge is 0.399 e. The Bertz CT molecular complexity index is 1050. The van der Waals surface area contributed by atoms with Crippen LogP contribution >= 0.6 is 0 Å². The molecule has 132 valence electrons. The highest BCUT2D eigenvalue weighted by molar-refractivity contribution is 5.86. The molecular formula is C25H22N2. The first kappa shape index (κ1) is 16.9. The lowest BCUT2D eigenvalue weighted by molar-refractivity contribution is 1.45. The second-order valence-electron chi connectivity index (χ2n) is 6.74. The van der Waals surface area contributed by atoms with Gasteiger partial charge in [-0.1, -0.05) is 60.7 Å². The molecule has 0 heterocycles. The average molecular weight is 350 g/mol. The van der Waals surface area contributed by atoms with Crippen molar-refractivity contribution in [3.05, 3.63) is 103 Å². The van der Waals surface area contributed by atoms with Crippen LogP contribution in [0.3, 0.4) is 0 Å². The second-order valence-corrected chi connectivity index (χ2v) is 6.74. The van der Waals surface area contributed by atoms with E-state index in [4.69, 9.17) is 5.73 Å². The lowest BCUT2D eigenvalue weighted by Gasteiger charge is -2.14. The molecule has 0 radical (unpaired) electrons. The summed E-state index contributed by atoms with van der Waals surface area (Å²) < 4.78 is 0. The highest BCUT2D eigenvalue weighted by atomic mass is 14.9. The third-order valence-electron chi connectivity index (χ3n) is 4.63. The average Bonchev–Trinajstić information content (AvgIpc) is 2.69. The van der Waals surface area contributed by atoms with Gasteiger partial charge in [-0.2, -0.15) is 0 Å². The number of aryl methyl sites for hydroxylation is 1. The van der Waals surface area contributed by atoms with Gasteiger partial charge in [-0.15, -0.1) is 0 Å². The Kier molecular flexibility index (Phi) is 4.63. The Morgan fingerprint density at radius 1 is 0.593 bits per heavy atom. The van der Waals surface area contributed by atoms with Crippen molar-refractivity contribution >= 4 is 17.1 Å². The standard InChI is InChI=1S/C25H22N2/c1-18-6-5-9-22(16-18)27-23-14-15-24(20-10-12-21(26)13-11-20)25(17-23)19-7-3-2-4-8-19/h2-17,27H,26H2,1H3. The van der Waals surface area contributed by atoms with E-state index in [1.165, 1.54) is 22.3 Å². The number of hydrogen-bond donors (Lipinski definition) is 2. The van der Waals surface area contributed by atoms with Crippen molar-refractivity contribution in [2.45, 2.75) is 6.92 Å². The molecule has 0 atom stereocenters. The number of nitrogens with one attached hydrogen (secondary N) is 1. The number of hydrogen-bond acceptors (Lipinski definition) is 2. The normalized spacial score (nSPS) is 10.6. The second kappa shape index (κ2) is 7.38. The highest BCUT2D eigenvalue weighted by Crippen LogP contribution is 2.35. The monoisotopic (exact) mass is 350 g/mol. The topological polar surface area (TPSA) is 38.0 Å². The minimum atomic E-state index is 0.776. The van der Waals surface area contributed by atoms with Gasteiger partial charge < -0.3 is 11.1 Å². The van der Waals surface area contributed by atoms with E-state index in [2.05, 4.69) is 91.1 Å². The van der Waals surface area contributed by atoms with Crippen LogP contribution in [0.15, 0.2) is 97.1 Å². The fraction of sp³-hybridized carbons (Fsp3) is 0.0400. The first-order valence-corrected chi connectivity index (χ1v) is 9.08. The van der Waals surface area contributed by atoms with Crippen molar-refractivity contribution in [1.29, 1.82) is 0 Å². The van der Waals surface area contributed by atoms with Gasteiger partial charge in [0.05, 0.1) is 0 Å². The minimum absolute atomic E-state index is 0.776. The molecule has 0 aliphatic heterocycles. The zero-order valence-corrected chi connectivity index (χ0v) is 15.3. The highest BCUT2D eigenvalue weighted by Gasteiger charge is 2.09. The van der Waals surface area contributed by atoms with Crippen LogP contribution < -0.4 is 11.1 Å². The molecule has 0 aromatic heterocycles. The van der Waals surface area contributed by atoms with Gasteiger partial charge in [0.25, 0.3) is 0 Å². The molecule has 4 aromatic carbocycles. The van der Waals surface area contributed by atoms with Crippen molar-refractivity contribution in [1.82, 2.24) is 0 Å². The van der Waals surface area contributed by atoms with E-state index < -0.39 is 0 Å². The molecule has 0 spiro atoms. The molecule has 27 heavy (non-hydrogen) atoms. The lowest BCUT2D eigenvalue weighted by atomic mass is 9.94. The smallest absolute Gasteiger partial charge is 0.0390 e. The molecule has 4 aromatic rings. The number of anilines is 3. The van der Waals surface area contributed by atoms with Crippen LogP contribution in [-0.4, -0.2) is 0 Å². The maximum absolute atomic E-state index is 5.87. The van der Waals surface area contributed by atoms with Crippen molar-refractivity contribution in [2.24, 2.45) is 0 Å². The molecule has 0 bridgehead atoms. The summed E-state index contributed by atoms with van der Waals surface area (Å²) in [7, 11) is 0. The van der Waals surface area contributed by atoms with Gasteiger partial charge in [-0.05, 0) is 71.1 Å². The third kappa shape index (κ3) is 3.85. The van der Waals surface area contributed by atoms with Crippen LogP contribution in [0.4, 0.5) is 17.1 Å². The molecule has 3 N–H and O–H groups in total. The maximum atomic E-state index is 5.87. The van der Waals surface area contributed by atoms with Gasteiger partial charge in [-0.3, -0.25) is 0 Å². The van der Waals surface area contributed by atoms with E-state index in [1.54, 1.807) is 0 Å². The summed E-state index contributed by atoms with van der Waals surface area (Å²) in [6.07, 6.45) is 0. The van der Waals surface area contributed by atoms with Crippen molar-refractivity contribution in [3.63, 3.8) is 0 Å². The van der Waals surface area contributed by atoms with E-state index >= 15 is 0 Å². The van der Waals surface area contributed by atoms with Gasteiger partial charge in [0.1, 0.15) is 0 Å². The van der Waals surface area contributed by atoms with Gasteiger partial charge in [-0.25, -0.2) is 0 Å². The zero-order chi connectivity index (χ0) is 18.6. The molecule has 4 rings (SSSR count). The molecule has 0 saturated carbocycles. The van der Waals surface area contributed by atoms with Crippen molar-refractivity contribution in [3.8, 4) is 22.3 Å². The Morgan fingerprint density at radius 2 is 1.30 bits per heavy atom. The van der Waals surface area contributed by atoms with Gasteiger partial charge in [0, 0.05) is 17.1 Å². The Morgan fingerprint density at radius 3 is 2.04 bits per heavy atom. The molecule has 0 aliphatic carbocycles. The van der Waals surface area contributed by atoms with Gasteiger partial charge in [0.2, 0.25) is 0 Å². The predicted molar refractivity (Wildman–Crippen MR) is 116 cm³/mol. The van der Waals surface area contributed by atoms with Gasteiger partial charge in [0.15, 0.2) is 0 Å². The van der Waals surface area contributed by atoms with E-state index in [-0.39, 0.29) is 0 Å². The van der Waals surface area contributed by atoms with Crippen LogP contribution in [0.5, 0.6) is 0 Å². The minimum Gasteiger partial charge on any atom is -0.399 e. The fourth-order valence-corrected chi connectivity index (χ4v) is 3.28. The van der Waals surface area contributed by atoms with Crippen LogP contribution in [0.25, 0.3) is 22.3 Å².